The van der Waals surface area contributed by atoms with E-state index < -0.39 is 0 Å². The molecule has 0 amide bonds. The number of likely N-dealkylation sites (tertiary alicyclic amines) is 2. The van der Waals surface area contributed by atoms with E-state index in [1.807, 2.05) is 0 Å². The fourth-order valence-corrected chi connectivity index (χ4v) is 3.06. The van der Waals surface area contributed by atoms with Gasteiger partial charge in [0, 0.05) is 18.6 Å². The summed E-state index contributed by atoms with van der Waals surface area (Å²) >= 11 is 0. The summed E-state index contributed by atoms with van der Waals surface area (Å²) in [6.07, 6.45) is 6.89. The smallest absolute Gasteiger partial charge is 0.0207 e. The molecule has 0 aromatic heterocycles. The van der Waals surface area contributed by atoms with E-state index in [4.69, 9.17) is 0 Å². The maximum absolute atomic E-state index is 3.71. The first-order valence-corrected chi connectivity index (χ1v) is 6.88. The number of rotatable bonds is 4. The van der Waals surface area contributed by atoms with E-state index in [1.54, 1.807) is 0 Å². The van der Waals surface area contributed by atoms with E-state index in [-0.39, 0.29) is 0 Å². The highest BCUT2D eigenvalue weighted by Gasteiger charge is 2.21. The lowest BCUT2D eigenvalue weighted by atomic mass is 10.00. The summed E-state index contributed by atoms with van der Waals surface area (Å²) in [5, 5.41) is 3.71. The van der Waals surface area contributed by atoms with Crippen molar-refractivity contribution in [2.75, 3.05) is 40.3 Å². The van der Waals surface area contributed by atoms with Crippen molar-refractivity contribution in [2.45, 2.75) is 44.2 Å². The largest absolute Gasteiger partial charge is 0.313 e. The number of nitrogens with one attached hydrogen (secondary N) is 1. The Hall–Kier alpha value is -0.120. The number of piperidine rings is 1. The zero-order chi connectivity index (χ0) is 11.4. The predicted octanol–water partition coefficient (Wildman–Crippen LogP) is 1.15. The molecule has 0 aromatic carbocycles. The molecular weight excluding hydrogens is 198 g/mol. The molecule has 2 unspecified atom stereocenters. The molecule has 2 heterocycles. The molecule has 2 atom stereocenters. The molecule has 94 valence electrons. The molecule has 2 fully saturated rings. The van der Waals surface area contributed by atoms with Gasteiger partial charge in [0.2, 0.25) is 0 Å². The van der Waals surface area contributed by atoms with E-state index in [1.165, 1.54) is 58.3 Å². The van der Waals surface area contributed by atoms with Crippen LogP contribution in [0.2, 0.25) is 0 Å². The van der Waals surface area contributed by atoms with Crippen LogP contribution in [-0.4, -0.2) is 62.2 Å². The quantitative estimate of drug-likeness (QED) is 0.774. The van der Waals surface area contributed by atoms with Crippen LogP contribution in [0.5, 0.6) is 0 Å². The molecule has 0 saturated carbocycles. The Morgan fingerprint density at radius 3 is 2.69 bits per heavy atom. The highest BCUT2D eigenvalue weighted by Crippen LogP contribution is 2.17. The van der Waals surface area contributed by atoms with Crippen molar-refractivity contribution in [3.8, 4) is 0 Å². The lowest BCUT2D eigenvalue weighted by molar-refractivity contribution is 0.174. The lowest BCUT2D eigenvalue weighted by Gasteiger charge is -2.32. The highest BCUT2D eigenvalue weighted by atomic mass is 15.2. The Morgan fingerprint density at radius 1 is 1.12 bits per heavy atom. The van der Waals surface area contributed by atoms with Crippen LogP contribution >= 0.6 is 0 Å². The van der Waals surface area contributed by atoms with Crippen molar-refractivity contribution >= 4 is 0 Å². The fraction of sp³-hybridized carbons (Fsp3) is 1.00. The SMILES string of the molecule is CN1CCC(NCCC2CCCCN2C)C1. The van der Waals surface area contributed by atoms with Crippen molar-refractivity contribution in [3.63, 3.8) is 0 Å². The first-order chi connectivity index (χ1) is 7.75. The van der Waals surface area contributed by atoms with Crippen molar-refractivity contribution in [1.29, 1.82) is 0 Å². The number of likely N-dealkylation sites (N-methyl/N-ethyl adjacent to an activating group) is 1. The Labute approximate surface area is 100 Å². The van der Waals surface area contributed by atoms with E-state index in [2.05, 4.69) is 29.2 Å². The van der Waals surface area contributed by atoms with E-state index in [0.29, 0.717) is 0 Å². The van der Waals surface area contributed by atoms with Gasteiger partial charge < -0.3 is 15.1 Å². The molecular formula is C13H27N3. The predicted molar refractivity (Wildman–Crippen MR) is 68.8 cm³/mol. The van der Waals surface area contributed by atoms with E-state index in [0.717, 1.165) is 12.1 Å². The third-order valence-electron chi connectivity index (χ3n) is 4.22. The van der Waals surface area contributed by atoms with Crippen LogP contribution in [0.1, 0.15) is 32.1 Å². The molecule has 2 aliphatic heterocycles. The minimum absolute atomic E-state index is 0.749. The topological polar surface area (TPSA) is 18.5 Å². The van der Waals surface area contributed by atoms with Gasteiger partial charge >= 0.3 is 0 Å². The second-order valence-corrected chi connectivity index (χ2v) is 5.62. The van der Waals surface area contributed by atoms with Gasteiger partial charge in [0.1, 0.15) is 0 Å². The van der Waals surface area contributed by atoms with Crippen LogP contribution in [0, 0.1) is 0 Å². The van der Waals surface area contributed by atoms with Gasteiger partial charge in [0.05, 0.1) is 0 Å². The zero-order valence-electron chi connectivity index (χ0n) is 10.9. The van der Waals surface area contributed by atoms with E-state index in [9.17, 15) is 0 Å². The Morgan fingerprint density at radius 2 is 2.00 bits per heavy atom. The first kappa shape index (κ1) is 12.3. The first-order valence-electron chi connectivity index (χ1n) is 6.88. The van der Waals surface area contributed by atoms with Gasteiger partial charge in [-0.3, -0.25) is 0 Å². The maximum Gasteiger partial charge on any atom is 0.0207 e. The molecule has 0 radical (unpaired) electrons. The zero-order valence-corrected chi connectivity index (χ0v) is 10.9. The summed E-state index contributed by atoms with van der Waals surface area (Å²) in [6, 6.07) is 1.58. The van der Waals surface area contributed by atoms with Gasteiger partial charge in [0.25, 0.3) is 0 Å². The third kappa shape index (κ3) is 3.44. The van der Waals surface area contributed by atoms with Gasteiger partial charge in [-0.25, -0.2) is 0 Å². The molecule has 0 aliphatic carbocycles. The molecule has 0 spiro atoms. The fourth-order valence-electron chi connectivity index (χ4n) is 3.06. The van der Waals surface area contributed by atoms with Crippen molar-refractivity contribution in [2.24, 2.45) is 0 Å². The van der Waals surface area contributed by atoms with Crippen LogP contribution in [-0.2, 0) is 0 Å². The van der Waals surface area contributed by atoms with Crippen LogP contribution in [0.3, 0.4) is 0 Å². The second-order valence-electron chi connectivity index (χ2n) is 5.62. The van der Waals surface area contributed by atoms with Crippen molar-refractivity contribution < 1.29 is 0 Å². The van der Waals surface area contributed by atoms with Gasteiger partial charge in [0.15, 0.2) is 0 Å². The van der Waals surface area contributed by atoms with Gasteiger partial charge in [-0.15, -0.1) is 0 Å². The summed E-state index contributed by atoms with van der Waals surface area (Å²) in [6.45, 7) is 5.01. The standard InChI is InChI=1S/C13H27N3/c1-15-10-7-12(11-15)14-8-6-13-5-3-4-9-16(13)2/h12-14H,3-11H2,1-2H3. The lowest BCUT2D eigenvalue weighted by Crippen LogP contribution is -2.40. The summed E-state index contributed by atoms with van der Waals surface area (Å²) in [5.74, 6) is 0. The molecule has 0 aromatic rings. The average Bonchev–Trinajstić information content (AvgIpc) is 2.67. The van der Waals surface area contributed by atoms with Gasteiger partial charge in [-0.1, -0.05) is 6.42 Å². The Kier molecular flexibility index (Phi) is 4.62. The summed E-state index contributed by atoms with van der Waals surface area (Å²) in [7, 11) is 4.50. The molecule has 2 aliphatic rings. The molecule has 16 heavy (non-hydrogen) atoms. The minimum Gasteiger partial charge on any atom is -0.313 e. The summed E-state index contributed by atoms with van der Waals surface area (Å²) < 4.78 is 0. The number of hydrogen-bond donors (Lipinski definition) is 1. The molecule has 2 rings (SSSR count). The third-order valence-corrected chi connectivity index (χ3v) is 4.22. The molecule has 3 heteroatoms. The normalized spacial score (nSPS) is 33.4. The summed E-state index contributed by atoms with van der Waals surface area (Å²) in [4.78, 5) is 4.97. The van der Waals surface area contributed by atoms with Crippen LogP contribution < -0.4 is 5.32 Å². The summed E-state index contributed by atoms with van der Waals surface area (Å²) in [5.41, 5.74) is 0. The van der Waals surface area contributed by atoms with Gasteiger partial charge in [-0.2, -0.15) is 0 Å². The van der Waals surface area contributed by atoms with Crippen LogP contribution in [0.4, 0.5) is 0 Å². The second kappa shape index (κ2) is 5.99. The Balaban J connectivity index is 1.60. The maximum atomic E-state index is 3.71. The monoisotopic (exact) mass is 225 g/mol. The van der Waals surface area contributed by atoms with E-state index >= 15 is 0 Å². The number of nitrogens with zero attached hydrogens (tertiary/aromatic N) is 2. The number of hydrogen-bond acceptors (Lipinski definition) is 3. The minimum atomic E-state index is 0.749. The van der Waals surface area contributed by atoms with Crippen LogP contribution in [0.25, 0.3) is 0 Å². The molecule has 1 N–H and O–H groups in total. The van der Waals surface area contributed by atoms with Crippen molar-refractivity contribution in [3.05, 3.63) is 0 Å². The van der Waals surface area contributed by atoms with Crippen LogP contribution in [0.15, 0.2) is 0 Å². The average molecular weight is 225 g/mol. The molecule has 2 saturated heterocycles. The molecule has 0 bridgehead atoms. The van der Waals surface area contributed by atoms with Gasteiger partial charge in [-0.05, 0) is 59.4 Å². The van der Waals surface area contributed by atoms with Crippen molar-refractivity contribution in [1.82, 2.24) is 15.1 Å². The molecule has 3 nitrogen and oxygen atoms in total. The Bertz CT molecular complexity index is 207. The highest BCUT2D eigenvalue weighted by molar-refractivity contribution is 4.80.